The first kappa shape index (κ1) is 19.9. The largest absolute Gasteiger partial charge is 0.469 e. The molecule has 2 aromatic carbocycles. The van der Waals surface area contributed by atoms with E-state index < -0.39 is 0 Å². The Labute approximate surface area is 169 Å². The van der Waals surface area contributed by atoms with E-state index in [-0.39, 0.29) is 29.8 Å². The zero-order chi connectivity index (χ0) is 19.9. The van der Waals surface area contributed by atoms with Crippen LogP contribution in [0.15, 0.2) is 72.8 Å². The Bertz CT molecular complexity index is 892. The first-order valence-corrected chi connectivity index (χ1v) is 9.50. The topological polar surface area (TPSA) is 55.4 Å². The molecule has 1 N–H and O–H groups in total. The lowest BCUT2D eigenvalue weighted by molar-refractivity contribution is -0.143. The van der Waals surface area contributed by atoms with Crippen LogP contribution in [0.4, 0.5) is 0 Å². The minimum atomic E-state index is -0.386. The molecule has 3 atom stereocenters. The number of allylic oxidation sites excluding steroid dienone is 1. The number of carbonyl (C=O) groups excluding carboxylic acids is 2. The van der Waals surface area contributed by atoms with Crippen LogP contribution >= 0.6 is 11.6 Å². The lowest BCUT2D eigenvalue weighted by Gasteiger charge is -2.21. The highest BCUT2D eigenvalue weighted by molar-refractivity contribution is 6.32. The Morgan fingerprint density at radius 2 is 1.82 bits per heavy atom. The quantitative estimate of drug-likeness (QED) is 0.449. The summed E-state index contributed by atoms with van der Waals surface area (Å²) < 4.78 is 5.01. The summed E-state index contributed by atoms with van der Waals surface area (Å²) in [4.78, 5) is 24.6. The number of amides is 1. The summed E-state index contributed by atoms with van der Waals surface area (Å²) >= 11 is 6.10. The molecule has 1 amide bonds. The lowest BCUT2D eigenvalue weighted by Crippen LogP contribution is -2.32. The van der Waals surface area contributed by atoms with Gasteiger partial charge < -0.3 is 10.1 Å². The van der Waals surface area contributed by atoms with Gasteiger partial charge in [-0.05, 0) is 35.6 Å². The minimum absolute atomic E-state index is 0.0345. The molecule has 3 rings (SSSR count). The number of rotatable bonds is 6. The van der Waals surface area contributed by atoms with Gasteiger partial charge in [0.2, 0.25) is 5.91 Å². The summed E-state index contributed by atoms with van der Waals surface area (Å²) in [6.07, 6.45) is 7.72. The number of methoxy groups -OCH3 is 1. The molecule has 0 radical (unpaired) electrons. The van der Waals surface area contributed by atoms with Crippen LogP contribution in [-0.4, -0.2) is 25.0 Å². The third kappa shape index (κ3) is 4.90. The smallest absolute Gasteiger partial charge is 0.313 e. The van der Waals surface area contributed by atoms with Crippen LogP contribution in [0.2, 0.25) is 5.02 Å². The Balaban J connectivity index is 1.63. The van der Waals surface area contributed by atoms with E-state index in [0.717, 1.165) is 11.1 Å². The molecule has 0 saturated heterocycles. The molecule has 0 aliphatic heterocycles. The number of esters is 1. The van der Waals surface area contributed by atoms with Crippen LogP contribution in [0.3, 0.4) is 0 Å². The first-order chi connectivity index (χ1) is 13.6. The first-order valence-electron chi connectivity index (χ1n) is 9.12. The van der Waals surface area contributed by atoms with Crippen molar-refractivity contribution < 1.29 is 14.3 Å². The van der Waals surface area contributed by atoms with Crippen molar-refractivity contribution in [3.63, 3.8) is 0 Å². The van der Waals surface area contributed by atoms with Gasteiger partial charge in [-0.3, -0.25) is 9.59 Å². The highest BCUT2D eigenvalue weighted by atomic mass is 35.5. The van der Waals surface area contributed by atoms with E-state index in [0.29, 0.717) is 11.4 Å². The second-order valence-electron chi connectivity index (χ2n) is 6.67. The standard InChI is InChI=1S/C23H22ClNO3/c1-28-23(27)22(17-8-3-2-4-9-17)18-11-13-19(15-18)25-21(26)14-12-16-7-5-6-10-20(16)24/h2-14,18-19,22H,15H2,1H3,(H,25,26)/b14-12+. The van der Waals surface area contributed by atoms with Crippen molar-refractivity contribution in [2.75, 3.05) is 7.11 Å². The second-order valence-corrected chi connectivity index (χ2v) is 7.07. The Kier molecular flexibility index (Phi) is 6.66. The maximum Gasteiger partial charge on any atom is 0.313 e. The number of halogens is 1. The lowest BCUT2D eigenvalue weighted by atomic mass is 9.85. The fourth-order valence-electron chi connectivity index (χ4n) is 3.43. The molecule has 0 saturated carbocycles. The van der Waals surface area contributed by atoms with Crippen molar-refractivity contribution in [3.8, 4) is 0 Å². The van der Waals surface area contributed by atoms with Gasteiger partial charge in [-0.2, -0.15) is 0 Å². The van der Waals surface area contributed by atoms with Crippen LogP contribution in [-0.2, 0) is 14.3 Å². The Hall–Kier alpha value is -2.85. The normalized spacial score (nSPS) is 19.5. The van der Waals surface area contributed by atoms with E-state index in [2.05, 4.69) is 5.32 Å². The molecule has 4 nitrogen and oxygen atoms in total. The molecular weight excluding hydrogens is 374 g/mol. The van der Waals surface area contributed by atoms with Crippen molar-refractivity contribution in [2.24, 2.45) is 5.92 Å². The van der Waals surface area contributed by atoms with Crippen LogP contribution in [0, 0.1) is 5.92 Å². The molecule has 28 heavy (non-hydrogen) atoms. The van der Waals surface area contributed by atoms with Crippen LogP contribution < -0.4 is 5.32 Å². The van der Waals surface area contributed by atoms with Gasteiger partial charge in [0.25, 0.3) is 0 Å². The molecule has 0 spiro atoms. The number of hydrogen-bond donors (Lipinski definition) is 1. The monoisotopic (exact) mass is 395 g/mol. The van der Waals surface area contributed by atoms with Gasteiger partial charge in [0.1, 0.15) is 0 Å². The maximum atomic E-state index is 12.4. The molecule has 3 unspecified atom stereocenters. The van der Waals surface area contributed by atoms with Gasteiger partial charge in [-0.1, -0.05) is 72.3 Å². The van der Waals surface area contributed by atoms with Crippen molar-refractivity contribution in [3.05, 3.63) is 89.0 Å². The maximum absolute atomic E-state index is 12.4. The van der Waals surface area contributed by atoms with Gasteiger partial charge in [0.05, 0.1) is 13.0 Å². The van der Waals surface area contributed by atoms with Crippen LogP contribution in [0.5, 0.6) is 0 Å². The van der Waals surface area contributed by atoms with Crippen LogP contribution in [0.25, 0.3) is 6.08 Å². The van der Waals surface area contributed by atoms with Gasteiger partial charge in [-0.15, -0.1) is 0 Å². The van der Waals surface area contributed by atoms with E-state index >= 15 is 0 Å². The highest BCUT2D eigenvalue weighted by Crippen LogP contribution is 2.34. The summed E-state index contributed by atoms with van der Waals surface area (Å²) in [5.41, 5.74) is 1.70. The average Bonchev–Trinajstić information content (AvgIpc) is 3.16. The minimum Gasteiger partial charge on any atom is -0.469 e. The predicted molar refractivity (Wildman–Crippen MR) is 111 cm³/mol. The second kappa shape index (κ2) is 9.38. The van der Waals surface area contributed by atoms with E-state index in [1.54, 1.807) is 12.1 Å². The number of hydrogen-bond acceptors (Lipinski definition) is 3. The number of benzene rings is 2. The van der Waals surface area contributed by atoms with Crippen LogP contribution in [0.1, 0.15) is 23.5 Å². The molecule has 1 aliphatic rings. The third-order valence-electron chi connectivity index (χ3n) is 4.81. The van der Waals surface area contributed by atoms with E-state index in [9.17, 15) is 9.59 Å². The number of ether oxygens (including phenoxy) is 1. The Morgan fingerprint density at radius 3 is 2.54 bits per heavy atom. The van der Waals surface area contributed by atoms with Crippen molar-refractivity contribution in [1.29, 1.82) is 0 Å². The summed E-state index contributed by atoms with van der Waals surface area (Å²) in [6, 6.07) is 16.8. The third-order valence-corrected chi connectivity index (χ3v) is 5.15. The molecule has 0 fully saturated rings. The highest BCUT2D eigenvalue weighted by Gasteiger charge is 2.33. The SMILES string of the molecule is COC(=O)C(c1ccccc1)C1C=CC(NC(=O)/C=C/c2ccccc2Cl)C1. The summed E-state index contributed by atoms with van der Waals surface area (Å²) in [5.74, 6) is -0.897. The zero-order valence-corrected chi connectivity index (χ0v) is 16.3. The molecular formula is C23H22ClNO3. The summed E-state index contributed by atoms with van der Waals surface area (Å²) in [6.45, 7) is 0. The van der Waals surface area contributed by atoms with Gasteiger partial charge >= 0.3 is 5.97 Å². The molecule has 0 aromatic heterocycles. The zero-order valence-electron chi connectivity index (χ0n) is 15.5. The van der Waals surface area contributed by atoms with Crippen molar-refractivity contribution in [2.45, 2.75) is 18.4 Å². The van der Waals surface area contributed by atoms with Crippen molar-refractivity contribution >= 4 is 29.6 Å². The molecule has 2 aromatic rings. The number of nitrogens with one attached hydrogen (secondary N) is 1. The van der Waals surface area contributed by atoms with Crippen molar-refractivity contribution in [1.82, 2.24) is 5.32 Å². The molecule has 0 bridgehead atoms. The summed E-state index contributed by atoms with van der Waals surface area (Å²) in [7, 11) is 1.40. The van der Waals surface area contributed by atoms with E-state index in [1.807, 2.05) is 60.7 Å². The fraction of sp³-hybridized carbons (Fsp3) is 0.217. The van der Waals surface area contributed by atoms with Gasteiger partial charge in [-0.25, -0.2) is 0 Å². The summed E-state index contributed by atoms with van der Waals surface area (Å²) in [5, 5.41) is 3.55. The van der Waals surface area contributed by atoms with E-state index in [1.165, 1.54) is 13.2 Å². The molecule has 0 heterocycles. The molecule has 5 heteroatoms. The fourth-order valence-corrected chi connectivity index (χ4v) is 3.63. The predicted octanol–water partition coefficient (Wildman–Crippen LogP) is 4.37. The van der Waals surface area contributed by atoms with E-state index in [4.69, 9.17) is 16.3 Å². The molecule has 144 valence electrons. The number of carbonyl (C=O) groups is 2. The average molecular weight is 396 g/mol. The van der Waals surface area contributed by atoms with Gasteiger partial charge in [0, 0.05) is 17.1 Å². The van der Waals surface area contributed by atoms with Gasteiger partial charge in [0.15, 0.2) is 0 Å². The molecule has 1 aliphatic carbocycles. The Morgan fingerprint density at radius 1 is 1.11 bits per heavy atom.